The third-order valence-corrected chi connectivity index (χ3v) is 2.13. The smallest absolute Gasteiger partial charge is 0.308 e. The van der Waals surface area contributed by atoms with Crippen LogP contribution in [0.15, 0.2) is 0 Å². The second kappa shape index (κ2) is 1.15. The maximum Gasteiger partial charge on any atom is 0.405 e. The van der Waals surface area contributed by atoms with Crippen molar-refractivity contribution in [1.29, 1.82) is 0 Å². The number of hydrogen-bond donors (Lipinski definition) is 0. The molecule has 0 saturated carbocycles. The maximum atomic E-state index is 10.4. The molecule has 2 heterocycles. The van der Waals surface area contributed by atoms with E-state index in [1.165, 1.54) is 6.92 Å². The molecule has 2 aliphatic rings. The zero-order valence-electron chi connectivity index (χ0n) is 4.53. The third kappa shape index (κ3) is 0.677. The van der Waals surface area contributed by atoms with Crippen LogP contribution in [0.3, 0.4) is 0 Å². The van der Waals surface area contributed by atoms with Gasteiger partial charge in [0.15, 0.2) is 0 Å². The first kappa shape index (κ1) is 5.60. The summed E-state index contributed by atoms with van der Waals surface area (Å²) in [6.45, 7) is 1.50. The number of epoxide rings is 1. The lowest BCUT2D eigenvalue weighted by atomic mass is 10.5. The van der Waals surface area contributed by atoms with Gasteiger partial charge in [-0.15, -0.1) is 0 Å². The fourth-order valence-corrected chi connectivity index (χ4v) is 1.66. The van der Waals surface area contributed by atoms with Crippen molar-refractivity contribution in [2.45, 2.75) is 19.0 Å². The van der Waals surface area contributed by atoms with Gasteiger partial charge in [-0.1, -0.05) is 0 Å². The molecule has 5 nitrogen and oxygen atoms in total. The quantitative estimate of drug-likeness (QED) is 0.431. The molecule has 0 spiro atoms. The van der Waals surface area contributed by atoms with Crippen LogP contribution in [0.5, 0.6) is 0 Å². The van der Waals surface area contributed by atoms with E-state index >= 15 is 0 Å². The monoisotopic (exact) mass is 152 g/mol. The van der Waals surface area contributed by atoms with Crippen LogP contribution in [0, 0.1) is 0 Å². The van der Waals surface area contributed by atoms with E-state index < -0.39 is 22.5 Å². The van der Waals surface area contributed by atoms with Gasteiger partial charge in [0.25, 0.3) is 0 Å². The molecular formula is C3H4O5S. The Morgan fingerprint density at radius 3 is 2.44 bits per heavy atom. The predicted molar refractivity (Wildman–Crippen MR) is 24.4 cm³/mol. The lowest BCUT2D eigenvalue weighted by Gasteiger charge is -1.96. The molecule has 0 radical (unpaired) electrons. The van der Waals surface area contributed by atoms with Crippen molar-refractivity contribution in [2.24, 2.45) is 0 Å². The second-order valence-corrected chi connectivity index (χ2v) is 3.23. The fourth-order valence-electron chi connectivity index (χ4n) is 0.674. The Balaban J connectivity index is 2.33. The van der Waals surface area contributed by atoms with Gasteiger partial charge < -0.3 is 4.74 Å². The Hall–Kier alpha value is -0.170. The van der Waals surface area contributed by atoms with Crippen LogP contribution in [-0.2, 0) is 23.5 Å². The highest BCUT2D eigenvalue weighted by molar-refractivity contribution is 7.82. The van der Waals surface area contributed by atoms with E-state index in [0.29, 0.717) is 0 Å². The number of fused-ring (bicyclic) bond motifs is 1. The molecule has 0 amide bonds. The molecule has 0 N–H and O–H groups in total. The molecule has 2 saturated heterocycles. The Morgan fingerprint density at radius 2 is 2.22 bits per heavy atom. The highest BCUT2D eigenvalue weighted by Gasteiger charge is 2.66. The first-order valence-corrected chi connectivity index (χ1v) is 3.67. The first-order valence-electron chi connectivity index (χ1n) is 2.33. The molecule has 0 aromatic carbocycles. The Labute approximate surface area is 51.8 Å². The molecule has 2 unspecified atom stereocenters. The van der Waals surface area contributed by atoms with Crippen LogP contribution < -0.4 is 0 Å². The van der Waals surface area contributed by atoms with Crippen LogP contribution in [0.1, 0.15) is 6.92 Å². The second-order valence-electron chi connectivity index (χ2n) is 2.05. The third-order valence-electron chi connectivity index (χ3n) is 1.18. The van der Waals surface area contributed by atoms with Crippen molar-refractivity contribution < 1.29 is 21.5 Å². The summed E-state index contributed by atoms with van der Waals surface area (Å²) < 4.78 is 33.9. The van der Waals surface area contributed by atoms with E-state index in [4.69, 9.17) is 0 Å². The van der Waals surface area contributed by atoms with Crippen LogP contribution >= 0.6 is 0 Å². The van der Waals surface area contributed by atoms with Crippen LogP contribution in [0.4, 0.5) is 0 Å². The SMILES string of the molecule is CC12OC1OS(=O)(=O)O2. The van der Waals surface area contributed by atoms with Crippen LogP contribution in [0.25, 0.3) is 0 Å². The van der Waals surface area contributed by atoms with Gasteiger partial charge in [0.05, 0.1) is 0 Å². The molecular weight excluding hydrogens is 148 g/mol. The Morgan fingerprint density at radius 1 is 1.56 bits per heavy atom. The molecule has 0 aromatic rings. The van der Waals surface area contributed by atoms with Gasteiger partial charge in [0.2, 0.25) is 12.1 Å². The number of ether oxygens (including phenoxy) is 1. The minimum atomic E-state index is -3.73. The normalized spacial score (nSPS) is 52.8. The molecule has 2 atom stereocenters. The van der Waals surface area contributed by atoms with Crippen LogP contribution in [-0.4, -0.2) is 20.5 Å². The van der Waals surface area contributed by atoms with Crippen molar-refractivity contribution in [3.8, 4) is 0 Å². The minimum Gasteiger partial charge on any atom is -0.308 e. The van der Waals surface area contributed by atoms with E-state index in [1.807, 2.05) is 0 Å². The van der Waals surface area contributed by atoms with Crippen molar-refractivity contribution >= 4 is 10.4 Å². The van der Waals surface area contributed by atoms with Gasteiger partial charge in [-0.3, -0.25) is 0 Å². The largest absolute Gasteiger partial charge is 0.405 e. The summed E-state index contributed by atoms with van der Waals surface area (Å²) in [6.07, 6.45) is -0.706. The summed E-state index contributed by atoms with van der Waals surface area (Å²) in [5.74, 6) is -1.02. The molecule has 2 aliphatic heterocycles. The summed E-state index contributed by atoms with van der Waals surface area (Å²) in [5, 5.41) is 0. The van der Waals surface area contributed by atoms with E-state index in [9.17, 15) is 8.42 Å². The Kier molecular flexibility index (Phi) is 0.715. The van der Waals surface area contributed by atoms with Crippen molar-refractivity contribution in [3.05, 3.63) is 0 Å². The summed E-state index contributed by atoms with van der Waals surface area (Å²) in [6, 6.07) is 0. The van der Waals surface area contributed by atoms with Crippen molar-refractivity contribution in [2.75, 3.05) is 0 Å². The molecule has 2 rings (SSSR count). The van der Waals surface area contributed by atoms with Gasteiger partial charge in [0, 0.05) is 0 Å². The van der Waals surface area contributed by atoms with Gasteiger partial charge in [0.1, 0.15) is 0 Å². The summed E-state index contributed by atoms with van der Waals surface area (Å²) >= 11 is 0. The van der Waals surface area contributed by atoms with E-state index in [0.717, 1.165) is 0 Å². The average molecular weight is 152 g/mol. The average Bonchev–Trinajstić information content (AvgIpc) is 2.03. The van der Waals surface area contributed by atoms with E-state index in [-0.39, 0.29) is 0 Å². The van der Waals surface area contributed by atoms with Gasteiger partial charge in [-0.05, 0) is 6.92 Å². The number of hydrogen-bond acceptors (Lipinski definition) is 5. The minimum absolute atomic E-state index is 0.706. The zero-order chi connectivity index (χ0) is 6.70. The van der Waals surface area contributed by atoms with Gasteiger partial charge in [-0.2, -0.15) is 8.42 Å². The van der Waals surface area contributed by atoms with E-state index in [1.54, 1.807) is 0 Å². The molecule has 9 heavy (non-hydrogen) atoms. The molecule has 0 aliphatic carbocycles. The van der Waals surface area contributed by atoms with Crippen molar-refractivity contribution in [1.82, 2.24) is 0 Å². The summed E-state index contributed by atoms with van der Waals surface area (Å²) in [4.78, 5) is 0. The molecule has 0 bridgehead atoms. The molecule has 0 aromatic heterocycles. The van der Waals surface area contributed by atoms with Crippen molar-refractivity contribution in [3.63, 3.8) is 0 Å². The van der Waals surface area contributed by atoms with Gasteiger partial charge >= 0.3 is 10.4 Å². The lowest BCUT2D eigenvalue weighted by Crippen LogP contribution is -2.09. The lowest BCUT2D eigenvalue weighted by molar-refractivity contribution is 0.0573. The van der Waals surface area contributed by atoms with Gasteiger partial charge in [-0.25, -0.2) is 8.37 Å². The number of rotatable bonds is 0. The van der Waals surface area contributed by atoms with E-state index in [2.05, 4.69) is 13.1 Å². The molecule has 52 valence electrons. The standard InChI is InChI=1S/C3H4O5S/c1-3-2(6-3)7-9(4,5)8-3/h2H,1H3. The summed E-state index contributed by atoms with van der Waals surface area (Å²) in [7, 11) is -3.73. The topological polar surface area (TPSA) is 65.1 Å². The highest BCUT2D eigenvalue weighted by Crippen LogP contribution is 2.46. The highest BCUT2D eigenvalue weighted by atomic mass is 32.3. The predicted octanol–water partition coefficient (Wildman–Crippen LogP) is -0.650. The first-order chi connectivity index (χ1) is 4.02. The fraction of sp³-hybridized carbons (Fsp3) is 1.00. The van der Waals surface area contributed by atoms with Crippen LogP contribution in [0.2, 0.25) is 0 Å². The molecule has 6 heteroatoms. The Bertz CT molecular complexity index is 243. The zero-order valence-corrected chi connectivity index (χ0v) is 5.34. The molecule has 2 fully saturated rings. The summed E-state index contributed by atoms with van der Waals surface area (Å²) in [5.41, 5.74) is 0. The maximum absolute atomic E-state index is 10.4.